The van der Waals surface area contributed by atoms with E-state index in [4.69, 9.17) is 9.73 Å². The molecule has 1 aliphatic carbocycles. The van der Waals surface area contributed by atoms with Gasteiger partial charge in [-0.1, -0.05) is 30.3 Å². The number of rotatable bonds is 2. The van der Waals surface area contributed by atoms with Gasteiger partial charge in [-0.05, 0) is 31.2 Å². The van der Waals surface area contributed by atoms with Gasteiger partial charge in [-0.25, -0.2) is 0 Å². The number of ether oxygens (including phenoxy) is 1. The zero-order valence-electron chi connectivity index (χ0n) is 10.5. The zero-order chi connectivity index (χ0) is 11.8. The molecule has 2 nitrogen and oxygen atoms in total. The van der Waals surface area contributed by atoms with E-state index in [-0.39, 0.29) is 6.10 Å². The predicted octanol–water partition coefficient (Wildman–Crippen LogP) is 3.39. The Balaban J connectivity index is 1.95. The molecule has 1 aromatic carbocycles. The lowest BCUT2D eigenvalue weighted by Crippen LogP contribution is -2.36. The predicted molar refractivity (Wildman–Crippen MR) is 69.4 cm³/mol. The first-order chi connectivity index (χ1) is 8.25. The third kappa shape index (κ3) is 2.08. The topological polar surface area (TPSA) is 21.6 Å². The van der Waals surface area contributed by atoms with Crippen LogP contribution < -0.4 is 0 Å². The van der Waals surface area contributed by atoms with Crippen LogP contribution in [0, 0.1) is 5.92 Å². The van der Waals surface area contributed by atoms with Gasteiger partial charge in [-0.3, -0.25) is 4.99 Å². The Hall–Kier alpha value is -1.31. The first-order valence-corrected chi connectivity index (χ1v) is 6.51. The summed E-state index contributed by atoms with van der Waals surface area (Å²) in [6.45, 7) is 4.15. The molecule has 0 unspecified atom stereocenters. The quantitative estimate of drug-likeness (QED) is 0.761. The highest BCUT2D eigenvalue weighted by Crippen LogP contribution is 2.44. The zero-order valence-corrected chi connectivity index (χ0v) is 10.5. The Morgan fingerprint density at radius 1 is 1.18 bits per heavy atom. The third-order valence-corrected chi connectivity index (χ3v) is 3.85. The molecule has 0 radical (unpaired) electrons. The van der Waals surface area contributed by atoms with E-state index < -0.39 is 0 Å². The molecule has 1 aliphatic heterocycles. The molecule has 90 valence electrons. The molecule has 1 heterocycles. The second-order valence-corrected chi connectivity index (χ2v) is 5.24. The van der Waals surface area contributed by atoms with Crippen molar-refractivity contribution in [3.8, 4) is 0 Å². The van der Waals surface area contributed by atoms with Gasteiger partial charge in [0, 0.05) is 12.8 Å². The third-order valence-electron chi connectivity index (χ3n) is 3.85. The van der Waals surface area contributed by atoms with Crippen molar-refractivity contribution in [1.82, 2.24) is 0 Å². The molecule has 17 heavy (non-hydrogen) atoms. The van der Waals surface area contributed by atoms with Gasteiger partial charge >= 0.3 is 0 Å². The molecule has 2 heteroatoms. The fourth-order valence-electron chi connectivity index (χ4n) is 2.92. The van der Waals surface area contributed by atoms with E-state index in [1.807, 2.05) is 6.92 Å². The van der Waals surface area contributed by atoms with Gasteiger partial charge in [-0.2, -0.15) is 0 Å². The van der Waals surface area contributed by atoms with Crippen molar-refractivity contribution in [2.75, 3.05) is 0 Å². The molecule has 0 spiro atoms. The van der Waals surface area contributed by atoms with E-state index >= 15 is 0 Å². The van der Waals surface area contributed by atoms with Gasteiger partial charge in [0.15, 0.2) is 5.90 Å². The van der Waals surface area contributed by atoms with Crippen LogP contribution in [0.2, 0.25) is 0 Å². The van der Waals surface area contributed by atoms with Gasteiger partial charge in [0.05, 0.1) is 6.04 Å². The minimum Gasteiger partial charge on any atom is -0.478 e. The van der Waals surface area contributed by atoms with E-state index in [2.05, 4.69) is 37.3 Å². The SMILES string of the molecule is CC1=N[C@H](C2CC2)[C@H](c2ccccc2)[C@@H](C)O1. The number of benzene rings is 1. The number of nitrogens with zero attached hydrogens (tertiary/aromatic N) is 1. The van der Waals surface area contributed by atoms with Crippen LogP contribution >= 0.6 is 0 Å². The lowest BCUT2D eigenvalue weighted by molar-refractivity contribution is 0.133. The first kappa shape index (κ1) is 10.8. The monoisotopic (exact) mass is 229 g/mol. The molecule has 0 bridgehead atoms. The van der Waals surface area contributed by atoms with Crippen molar-refractivity contribution in [2.45, 2.75) is 44.8 Å². The summed E-state index contributed by atoms with van der Waals surface area (Å²) < 4.78 is 5.81. The van der Waals surface area contributed by atoms with Crippen molar-refractivity contribution in [1.29, 1.82) is 0 Å². The maximum atomic E-state index is 5.81. The molecule has 2 aliphatic rings. The summed E-state index contributed by atoms with van der Waals surface area (Å²) in [5, 5.41) is 0. The molecule has 0 N–H and O–H groups in total. The maximum absolute atomic E-state index is 5.81. The van der Waals surface area contributed by atoms with E-state index in [0.29, 0.717) is 12.0 Å². The van der Waals surface area contributed by atoms with Crippen LogP contribution in [0.25, 0.3) is 0 Å². The first-order valence-electron chi connectivity index (χ1n) is 6.51. The van der Waals surface area contributed by atoms with Crippen LogP contribution in [0.5, 0.6) is 0 Å². The summed E-state index contributed by atoms with van der Waals surface area (Å²) in [7, 11) is 0. The van der Waals surface area contributed by atoms with Crippen molar-refractivity contribution in [2.24, 2.45) is 10.9 Å². The summed E-state index contributed by atoms with van der Waals surface area (Å²) in [5.74, 6) is 2.07. The Kier molecular flexibility index (Phi) is 2.65. The molecule has 1 aromatic rings. The smallest absolute Gasteiger partial charge is 0.180 e. The van der Waals surface area contributed by atoms with Gasteiger partial charge in [-0.15, -0.1) is 0 Å². The Morgan fingerprint density at radius 3 is 2.53 bits per heavy atom. The summed E-state index contributed by atoms with van der Waals surface area (Å²) in [6, 6.07) is 11.1. The molecule has 0 amide bonds. The second-order valence-electron chi connectivity index (χ2n) is 5.24. The van der Waals surface area contributed by atoms with E-state index in [1.165, 1.54) is 18.4 Å². The van der Waals surface area contributed by atoms with E-state index in [9.17, 15) is 0 Å². The van der Waals surface area contributed by atoms with Crippen LogP contribution in [0.15, 0.2) is 35.3 Å². The van der Waals surface area contributed by atoms with Crippen LogP contribution in [-0.2, 0) is 4.74 Å². The van der Waals surface area contributed by atoms with Crippen LogP contribution in [0.4, 0.5) is 0 Å². The molecular formula is C15H19NO. The van der Waals surface area contributed by atoms with Gasteiger partial charge < -0.3 is 4.74 Å². The molecule has 3 rings (SSSR count). The standard InChI is InChI=1S/C15H19NO/c1-10-14(12-6-4-3-5-7-12)15(13-8-9-13)16-11(2)17-10/h3-7,10,13-15H,8-9H2,1-2H3/t10-,14+,15-/m1/s1. The maximum Gasteiger partial charge on any atom is 0.180 e. The highest BCUT2D eigenvalue weighted by Gasteiger charge is 2.42. The Labute approximate surface area is 103 Å². The average molecular weight is 229 g/mol. The molecule has 1 saturated carbocycles. The fourth-order valence-corrected chi connectivity index (χ4v) is 2.92. The normalized spacial score (nSPS) is 32.8. The van der Waals surface area contributed by atoms with Crippen molar-refractivity contribution >= 4 is 5.90 Å². The van der Waals surface area contributed by atoms with E-state index in [1.54, 1.807) is 0 Å². The molecule has 0 aromatic heterocycles. The van der Waals surface area contributed by atoms with E-state index in [0.717, 1.165) is 11.8 Å². The highest BCUT2D eigenvalue weighted by molar-refractivity contribution is 5.74. The average Bonchev–Trinajstić information content (AvgIpc) is 3.13. The Morgan fingerprint density at radius 2 is 1.88 bits per heavy atom. The van der Waals surface area contributed by atoms with Crippen LogP contribution in [0.3, 0.4) is 0 Å². The van der Waals surface area contributed by atoms with Crippen LogP contribution in [0.1, 0.15) is 38.2 Å². The molecular weight excluding hydrogens is 210 g/mol. The molecule has 0 saturated heterocycles. The summed E-state index contributed by atoms with van der Waals surface area (Å²) in [4.78, 5) is 4.75. The second kappa shape index (κ2) is 4.17. The van der Waals surface area contributed by atoms with Gasteiger partial charge in [0.1, 0.15) is 6.10 Å². The largest absolute Gasteiger partial charge is 0.478 e. The van der Waals surface area contributed by atoms with Crippen LogP contribution in [-0.4, -0.2) is 18.0 Å². The Bertz CT molecular complexity index is 422. The van der Waals surface area contributed by atoms with Gasteiger partial charge in [0.2, 0.25) is 0 Å². The fraction of sp³-hybridized carbons (Fsp3) is 0.533. The lowest BCUT2D eigenvalue weighted by Gasteiger charge is -2.34. The summed E-state index contributed by atoms with van der Waals surface area (Å²) in [5.41, 5.74) is 1.37. The number of aliphatic imine (C=N–C) groups is 1. The molecule has 1 fully saturated rings. The lowest BCUT2D eigenvalue weighted by atomic mass is 9.84. The van der Waals surface area contributed by atoms with Crippen molar-refractivity contribution in [3.63, 3.8) is 0 Å². The van der Waals surface area contributed by atoms with Crippen molar-refractivity contribution < 1.29 is 4.74 Å². The molecule has 3 atom stereocenters. The minimum absolute atomic E-state index is 0.237. The van der Waals surface area contributed by atoms with Gasteiger partial charge in [0.25, 0.3) is 0 Å². The number of hydrogen-bond donors (Lipinski definition) is 0. The van der Waals surface area contributed by atoms with Crippen molar-refractivity contribution in [3.05, 3.63) is 35.9 Å². The summed E-state index contributed by atoms with van der Waals surface area (Å²) >= 11 is 0. The summed E-state index contributed by atoms with van der Waals surface area (Å²) in [6.07, 6.45) is 2.90. The highest BCUT2D eigenvalue weighted by atomic mass is 16.5. The number of hydrogen-bond acceptors (Lipinski definition) is 2. The minimum atomic E-state index is 0.237.